The van der Waals surface area contributed by atoms with Crippen molar-refractivity contribution in [2.45, 2.75) is 26.7 Å². The van der Waals surface area contributed by atoms with E-state index in [9.17, 15) is 5.11 Å². The zero-order valence-corrected chi connectivity index (χ0v) is 8.92. The lowest BCUT2D eigenvalue weighted by molar-refractivity contribution is 0.377. The Morgan fingerprint density at radius 1 is 1.21 bits per heavy atom. The number of aromatic hydroxyl groups is 1. The van der Waals surface area contributed by atoms with Crippen LogP contribution in [-0.4, -0.2) is 12.2 Å². The van der Waals surface area contributed by atoms with Crippen molar-refractivity contribution in [2.24, 2.45) is 5.41 Å². The predicted molar refractivity (Wildman–Crippen MR) is 55.8 cm³/mol. The van der Waals surface area contributed by atoms with E-state index < -0.39 is 0 Å². The number of rotatable bonds is 1. The van der Waals surface area contributed by atoms with Gasteiger partial charge < -0.3 is 9.84 Å². The van der Waals surface area contributed by atoms with Gasteiger partial charge in [-0.3, -0.25) is 0 Å². The molecule has 2 nitrogen and oxygen atoms in total. The molecule has 0 amide bonds. The molecule has 0 radical (unpaired) electrons. The van der Waals surface area contributed by atoms with Crippen molar-refractivity contribution in [3.05, 3.63) is 23.3 Å². The molecule has 0 bridgehead atoms. The van der Waals surface area contributed by atoms with E-state index in [-0.39, 0.29) is 5.41 Å². The summed E-state index contributed by atoms with van der Waals surface area (Å²) in [7, 11) is 1.68. The van der Waals surface area contributed by atoms with Gasteiger partial charge in [-0.25, -0.2) is 0 Å². The van der Waals surface area contributed by atoms with Gasteiger partial charge in [0, 0.05) is 11.1 Å². The van der Waals surface area contributed by atoms with Gasteiger partial charge in [0.1, 0.15) is 11.5 Å². The van der Waals surface area contributed by atoms with E-state index in [0.29, 0.717) is 5.75 Å². The molecule has 1 aliphatic rings. The van der Waals surface area contributed by atoms with E-state index in [2.05, 4.69) is 13.8 Å². The van der Waals surface area contributed by atoms with Crippen LogP contribution in [0.4, 0.5) is 0 Å². The van der Waals surface area contributed by atoms with Crippen molar-refractivity contribution in [1.82, 2.24) is 0 Å². The number of methoxy groups -OCH3 is 1. The van der Waals surface area contributed by atoms with Crippen molar-refractivity contribution in [3.8, 4) is 11.5 Å². The minimum Gasteiger partial charge on any atom is -0.508 e. The maximum atomic E-state index is 9.73. The fraction of sp³-hybridized carbons (Fsp3) is 0.500. The smallest absolute Gasteiger partial charge is 0.122 e. The van der Waals surface area contributed by atoms with Gasteiger partial charge in [-0.15, -0.1) is 0 Å². The molecule has 1 N–H and O–H groups in total. The van der Waals surface area contributed by atoms with Crippen molar-refractivity contribution >= 4 is 0 Å². The van der Waals surface area contributed by atoms with E-state index in [4.69, 9.17) is 4.74 Å². The van der Waals surface area contributed by atoms with E-state index in [1.165, 1.54) is 5.56 Å². The Bertz CT molecular complexity index is 367. The third-order valence-electron chi connectivity index (χ3n) is 2.89. The molecule has 0 atom stereocenters. The van der Waals surface area contributed by atoms with Crippen LogP contribution in [0.1, 0.15) is 25.0 Å². The highest BCUT2D eigenvalue weighted by Crippen LogP contribution is 2.44. The molecular weight excluding hydrogens is 176 g/mol. The lowest BCUT2D eigenvalue weighted by Gasteiger charge is -2.15. The summed E-state index contributed by atoms with van der Waals surface area (Å²) in [4.78, 5) is 0. The number of ether oxygens (including phenoxy) is 1. The maximum absolute atomic E-state index is 9.73. The summed E-state index contributed by atoms with van der Waals surface area (Å²) >= 11 is 0. The zero-order chi connectivity index (χ0) is 10.3. The molecule has 1 aromatic carbocycles. The van der Waals surface area contributed by atoms with Gasteiger partial charge in [0.05, 0.1) is 7.11 Å². The molecular formula is C12H16O2. The Morgan fingerprint density at radius 3 is 2.50 bits per heavy atom. The van der Waals surface area contributed by atoms with Crippen LogP contribution in [-0.2, 0) is 12.8 Å². The second-order valence-corrected chi connectivity index (χ2v) is 4.76. The summed E-state index contributed by atoms with van der Waals surface area (Å²) in [5.74, 6) is 1.31. The lowest BCUT2D eigenvalue weighted by Crippen LogP contribution is -2.09. The number of benzene rings is 1. The Balaban J connectivity index is 2.53. The third-order valence-corrected chi connectivity index (χ3v) is 2.89. The summed E-state index contributed by atoms with van der Waals surface area (Å²) in [5, 5.41) is 9.73. The molecule has 0 aromatic heterocycles. The summed E-state index contributed by atoms with van der Waals surface area (Å²) in [5.41, 5.74) is 2.49. The minimum absolute atomic E-state index is 0.244. The number of phenolic OH excluding ortho intramolecular Hbond substituents is 1. The van der Waals surface area contributed by atoms with E-state index in [1.807, 2.05) is 6.07 Å². The van der Waals surface area contributed by atoms with Gasteiger partial charge in [-0.2, -0.15) is 0 Å². The fourth-order valence-corrected chi connectivity index (χ4v) is 2.26. The number of phenols is 1. The SMILES string of the molecule is COc1ccc(O)c2c1CC(C)(C)C2. The van der Waals surface area contributed by atoms with Crippen LogP contribution >= 0.6 is 0 Å². The second kappa shape index (κ2) is 2.91. The molecule has 0 fully saturated rings. The van der Waals surface area contributed by atoms with Crippen LogP contribution in [0.3, 0.4) is 0 Å². The monoisotopic (exact) mass is 192 g/mol. The van der Waals surface area contributed by atoms with Crippen molar-refractivity contribution in [2.75, 3.05) is 7.11 Å². The highest BCUT2D eigenvalue weighted by atomic mass is 16.5. The van der Waals surface area contributed by atoms with Crippen LogP contribution < -0.4 is 4.74 Å². The first-order chi connectivity index (χ1) is 6.53. The molecule has 1 aromatic rings. The third kappa shape index (κ3) is 1.35. The average molecular weight is 192 g/mol. The second-order valence-electron chi connectivity index (χ2n) is 4.76. The summed E-state index contributed by atoms with van der Waals surface area (Å²) in [6.07, 6.45) is 1.92. The quantitative estimate of drug-likeness (QED) is 0.740. The normalized spacial score (nSPS) is 17.9. The van der Waals surface area contributed by atoms with Gasteiger partial charge in [0.15, 0.2) is 0 Å². The molecule has 2 rings (SSSR count). The Hall–Kier alpha value is -1.18. The molecule has 0 aliphatic heterocycles. The van der Waals surface area contributed by atoms with Gasteiger partial charge >= 0.3 is 0 Å². The maximum Gasteiger partial charge on any atom is 0.122 e. The number of hydrogen-bond donors (Lipinski definition) is 1. The first-order valence-corrected chi connectivity index (χ1v) is 4.91. The van der Waals surface area contributed by atoms with Gasteiger partial charge in [0.2, 0.25) is 0 Å². The van der Waals surface area contributed by atoms with Crippen LogP contribution in [0.25, 0.3) is 0 Å². The molecule has 0 saturated heterocycles. The molecule has 2 heteroatoms. The summed E-state index contributed by atoms with van der Waals surface area (Å²) < 4.78 is 5.29. The minimum atomic E-state index is 0.244. The Labute approximate surface area is 84.5 Å². The van der Waals surface area contributed by atoms with E-state index in [1.54, 1.807) is 13.2 Å². The molecule has 76 valence electrons. The Kier molecular flexibility index (Phi) is 1.95. The molecule has 1 aliphatic carbocycles. The van der Waals surface area contributed by atoms with Gasteiger partial charge in [0.25, 0.3) is 0 Å². The standard InChI is InChI=1S/C12H16O2/c1-12(2)6-8-9(7-12)11(14-3)5-4-10(8)13/h4-5,13H,6-7H2,1-3H3. The summed E-state index contributed by atoms with van der Waals surface area (Å²) in [6, 6.07) is 3.56. The van der Waals surface area contributed by atoms with Gasteiger partial charge in [-0.1, -0.05) is 13.8 Å². The lowest BCUT2D eigenvalue weighted by atomic mass is 9.90. The van der Waals surface area contributed by atoms with Crippen LogP contribution in [0.2, 0.25) is 0 Å². The average Bonchev–Trinajstić information content (AvgIpc) is 2.42. The molecule has 0 saturated carbocycles. The molecule has 0 unspecified atom stereocenters. The van der Waals surface area contributed by atoms with Crippen LogP contribution in [0.15, 0.2) is 12.1 Å². The highest BCUT2D eigenvalue weighted by Gasteiger charge is 2.32. The number of fused-ring (bicyclic) bond motifs is 1. The first kappa shape index (κ1) is 9.38. The highest BCUT2D eigenvalue weighted by molar-refractivity contribution is 5.51. The van der Waals surface area contributed by atoms with Crippen molar-refractivity contribution < 1.29 is 9.84 Å². The van der Waals surface area contributed by atoms with Crippen molar-refractivity contribution in [1.29, 1.82) is 0 Å². The van der Waals surface area contributed by atoms with E-state index in [0.717, 1.165) is 24.2 Å². The topological polar surface area (TPSA) is 29.5 Å². The molecule has 0 spiro atoms. The molecule has 14 heavy (non-hydrogen) atoms. The first-order valence-electron chi connectivity index (χ1n) is 4.91. The van der Waals surface area contributed by atoms with Crippen LogP contribution in [0, 0.1) is 5.41 Å². The van der Waals surface area contributed by atoms with Crippen molar-refractivity contribution in [3.63, 3.8) is 0 Å². The number of hydrogen-bond acceptors (Lipinski definition) is 2. The predicted octanol–water partition coefficient (Wildman–Crippen LogP) is 2.53. The van der Waals surface area contributed by atoms with Crippen LogP contribution in [0.5, 0.6) is 11.5 Å². The molecule has 0 heterocycles. The zero-order valence-electron chi connectivity index (χ0n) is 8.92. The largest absolute Gasteiger partial charge is 0.508 e. The van der Waals surface area contributed by atoms with Gasteiger partial charge in [-0.05, 0) is 30.4 Å². The van der Waals surface area contributed by atoms with E-state index >= 15 is 0 Å². The summed E-state index contributed by atoms with van der Waals surface area (Å²) in [6.45, 7) is 4.43. The fourth-order valence-electron chi connectivity index (χ4n) is 2.26. The Morgan fingerprint density at radius 2 is 1.86 bits per heavy atom.